The molecule has 1 unspecified atom stereocenters. The predicted molar refractivity (Wildman–Crippen MR) is 88.2 cm³/mol. The second-order valence-corrected chi connectivity index (χ2v) is 7.23. The third kappa shape index (κ3) is 4.09. The van der Waals surface area contributed by atoms with Crippen LogP contribution in [0.5, 0.6) is 0 Å². The molecule has 1 N–H and O–H groups in total. The van der Waals surface area contributed by atoms with Crippen LogP contribution >= 0.6 is 24.0 Å². The number of nitrogens with one attached hydrogen (secondary N) is 1. The predicted octanol–water partition coefficient (Wildman–Crippen LogP) is 1.90. The van der Waals surface area contributed by atoms with Crippen LogP contribution in [0.4, 0.5) is 0 Å². The van der Waals surface area contributed by atoms with Crippen molar-refractivity contribution >= 4 is 34.2 Å². The summed E-state index contributed by atoms with van der Waals surface area (Å²) >= 11 is 6.02. The van der Waals surface area contributed by atoms with Crippen LogP contribution < -0.4 is 5.32 Å². The molecule has 0 aliphatic carbocycles. The van der Waals surface area contributed by atoms with Crippen molar-refractivity contribution in [2.75, 3.05) is 33.2 Å². The van der Waals surface area contributed by atoms with Crippen LogP contribution in [0.1, 0.15) is 18.5 Å². The van der Waals surface area contributed by atoms with Gasteiger partial charge in [-0.2, -0.15) is 17.0 Å². The molecule has 1 fully saturated rings. The van der Waals surface area contributed by atoms with Gasteiger partial charge in [-0.1, -0.05) is 30.7 Å². The van der Waals surface area contributed by atoms with Gasteiger partial charge in [0.15, 0.2) is 0 Å². The molecule has 1 saturated heterocycles. The van der Waals surface area contributed by atoms with Crippen molar-refractivity contribution in [2.24, 2.45) is 0 Å². The minimum atomic E-state index is -3.44. The molecule has 8 heteroatoms. The molecule has 1 aliphatic heterocycles. The maximum absolute atomic E-state index is 12.6. The number of hydrogen-bond acceptors (Lipinski definition) is 3. The lowest BCUT2D eigenvalue weighted by molar-refractivity contribution is 0.254. The fourth-order valence-electron chi connectivity index (χ4n) is 2.30. The van der Waals surface area contributed by atoms with Gasteiger partial charge in [0.05, 0.1) is 6.04 Å². The molecule has 1 atom stereocenters. The maximum Gasteiger partial charge on any atom is 0.282 e. The van der Waals surface area contributed by atoms with Crippen molar-refractivity contribution in [2.45, 2.75) is 13.0 Å². The van der Waals surface area contributed by atoms with Crippen molar-refractivity contribution in [3.05, 3.63) is 34.9 Å². The molecule has 0 saturated carbocycles. The first-order valence-corrected chi connectivity index (χ1v) is 8.43. The van der Waals surface area contributed by atoms with Gasteiger partial charge in [-0.25, -0.2) is 0 Å². The SMILES string of the molecule is CCN(C)S(=O)(=O)N1CCNCC1c1cccc(Cl)c1.Cl. The number of piperazine rings is 1. The van der Waals surface area contributed by atoms with E-state index in [0.29, 0.717) is 31.2 Å². The average molecular weight is 354 g/mol. The summed E-state index contributed by atoms with van der Waals surface area (Å²) in [4.78, 5) is 0. The third-order valence-corrected chi connectivity index (χ3v) is 5.87. The van der Waals surface area contributed by atoms with Crippen molar-refractivity contribution in [3.8, 4) is 0 Å². The molecule has 1 heterocycles. The van der Waals surface area contributed by atoms with E-state index in [1.807, 2.05) is 25.1 Å². The smallest absolute Gasteiger partial charge is 0.282 e. The molecule has 1 aromatic rings. The van der Waals surface area contributed by atoms with Crippen molar-refractivity contribution in [3.63, 3.8) is 0 Å². The van der Waals surface area contributed by atoms with E-state index in [-0.39, 0.29) is 18.4 Å². The first-order valence-electron chi connectivity index (χ1n) is 6.66. The molecule has 21 heavy (non-hydrogen) atoms. The van der Waals surface area contributed by atoms with Crippen molar-refractivity contribution in [1.82, 2.24) is 13.9 Å². The Morgan fingerprint density at radius 2 is 2.19 bits per heavy atom. The van der Waals surface area contributed by atoms with E-state index in [0.717, 1.165) is 5.56 Å². The lowest BCUT2D eigenvalue weighted by atomic mass is 10.1. The summed E-state index contributed by atoms with van der Waals surface area (Å²) in [7, 11) is -1.84. The summed E-state index contributed by atoms with van der Waals surface area (Å²) in [5, 5.41) is 3.86. The zero-order valence-corrected chi connectivity index (χ0v) is 14.5. The van der Waals surface area contributed by atoms with Crippen molar-refractivity contribution in [1.29, 1.82) is 0 Å². The highest BCUT2D eigenvalue weighted by molar-refractivity contribution is 7.86. The van der Waals surface area contributed by atoms with Gasteiger partial charge in [-0.15, -0.1) is 12.4 Å². The molecule has 2 rings (SSSR count). The molecule has 0 radical (unpaired) electrons. The van der Waals surface area contributed by atoms with Crippen LogP contribution in [-0.4, -0.2) is 50.3 Å². The fraction of sp³-hybridized carbons (Fsp3) is 0.538. The summed E-state index contributed by atoms with van der Waals surface area (Å²) in [6.45, 7) is 4.00. The second kappa shape index (κ2) is 7.76. The van der Waals surface area contributed by atoms with Crippen LogP contribution in [0.3, 0.4) is 0 Å². The van der Waals surface area contributed by atoms with E-state index < -0.39 is 10.2 Å². The van der Waals surface area contributed by atoms with E-state index >= 15 is 0 Å². The van der Waals surface area contributed by atoms with E-state index in [9.17, 15) is 8.42 Å². The zero-order chi connectivity index (χ0) is 14.8. The van der Waals surface area contributed by atoms with Crippen LogP contribution in [0, 0.1) is 0 Å². The Kier molecular flexibility index (Phi) is 6.90. The summed E-state index contributed by atoms with van der Waals surface area (Å²) < 4.78 is 28.1. The van der Waals surface area contributed by atoms with Crippen molar-refractivity contribution < 1.29 is 8.42 Å². The minimum Gasteiger partial charge on any atom is -0.313 e. The van der Waals surface area contributed by atoms with Gasteiger partial charge in [0.25, 0.3) is 10.2 Å². The highest BCUT2D eigenvalue weighted by Gasteiger charge is 2.35. The summed E-state index contributed by atoms with van der Waals surface area (Å²) in [6, 6.07) is 7.16. The Labute approximate surface area is 137 Å². The number of halogens is 2. The highest BCUT2D eigenvalue weighted by Crippen LogP contribution is 2.27. The Bertz CT molecular complexity index is 568. The van der Waals surface area contributed by atoms with Gasteiger partial charge in [0.1, 0.15) is 0 Å². The van der Waals surface area contributed by atoms with Crippen LogP contribution in [0.2, 0.25) is 5.02 Å². The average Bonchev–Trinajstić information content (AvgIpc) is 2.46. The first-order chi connectivity index (χ1) is 9.46. The standard InChI is InChI=1S/C13H20ClN3O2S.ClH/c1-3-16(2)20(18,19)17-8-7-15-10-13(17)11-5-4-6-12(14)9-11;/h4-6,9,13,15H,3,7-8,10H2,1-2H3;1H. The van der Waals surface area contributed by atoms with E-state index in [2.05, 4.69) is 5.32 Å². The monoisotopic (exact) mass is 353 g/mol. The molecule has 0 spiro atoms. The highest BCUT2D eigenvalue weighted by atomic mass is 35.5. The van der Waals surface area contributed by atoms with Gasteiger partial charge in [0.2, 0.25) is 0 Å². The summed E-state index contributed by atoms with van der Waals surface area (Å²) in [5.74, 6) is 0. The quantitative estimate of drug-likeness (QED) is 0.899. The minimum absolute atomic E-state index is 0. The molecule has 120 valence electrons. The van der Waals surface area contributed by atoms with Gasteiger partial charge in [-0.05, 0) is 17.7 Å². The number of benzene rings is 1. The second-order valence-electron chi connectivity index (χ2n) is 4.81. The first kappa shape index (κ1) is 18.7. The summed E-state index contributed by atoms with van der Waals surface area (Å²) in [6.07, 6.45) is 0. The lowest BCUT2D eigenvalue weighted by Crippen LogP contribution is -2.52. The van der Waals surface area contributed by atoms with Gasteiger partial charge < -0.3 is 5.32 Å². The number of rotatable bonds is 4. The lowest BCUT2D eigenvalue weighted by Gasteiger charge is -2.37. The van der Waals surface area contributed by atoms with Crippen LogP contribution in [0.15, 0.2) is 24.3 Å². The zero-order valence-electron chi connectivity index (χ0n) is 12.1. The molecular weight excluding hydrogens is 333 g/mol. The third-order valence-electron chi connectivity index (χ3n) is 3.56. The Morgan fingerprint density at radius 1 is 1.48 bits per heavy atom. The Balaban J connectivity index is 0.00000220. The number of hydrogen-bond donors (Lipinski definition) is 1. The normalized spacial score (nSPS) is 20.3. The fourth-order valence-corrected chi connectivity index (χ4v) is 4.02. The van der Waals surface area contributed by atoms with Gasteiger partial charge in [0, 0.05) is 38.2 Å². The Hall–Kier alpha value is -0.370. The summed E-state index contributed by atoms with van der Waals surface area (Å²) in [5.41, 5.74) is 0.915. The molecule has 0 amide bonds. The van der Waals surface area contributed by atoms with Gasteiger partial charge >= 0.3 is 0 Å². The molecular formula is C13H21Cl2N3O2S. The molecule has 0 aromatic heterocycles. The molecule has 1 aromatic carbocycles. The maximum atomic E-state index is 12.6. The molecule has 5 nitrogen and oxygen atoms in total. The van der Waals surface area contributed by atoms with E-state index in [4.69, 9.17) is 11.6 Å². The van der Waals surface area contributed by atoms with Crippen LogP contribution in [0.25, 0.3) is 0 Å². The van der Waals surface area contributed by atoms with Gasteiger partial charge in [-0.3, -0.25) is 0 Å². The topological polar surface area (TPSA) is 52.7 Å². The van der Waals surface area contributed by atoms with Crippen LogP contribution in [-0.2, 0) is 10.2 Å². The largest absolute Gasteiger partial charge is 0.313 e. The van der Waals surface area contributed by atoms with E-state index in [1.165, 1.54) is 4.31 Å². The van der Waals surface area contributed by atoms with E-state index in [1.54, 1.807) is 17.4 Å². The Morgan fingerprint density at radius 3 is 2.81 bits per heavy atom. The number of nitrogens with zero attached hydrogens (tertiary/aromatic N) is 2. The molecule has 1 aliphatic rings. The molecule has 0 bridgehead atoms.